The van der Waals surface area contributed by atoms with Gasteiger partial charge in [-0.15, -0.1) is 11.3 Å². The number of nitrogens with two attached hydrogens (primary N) is 1. The molecule has 0 radical (unpaired) electrons. The second kappa shape index (κ2) is 5.64. The molecule has 21 heavy (non-hydrogen) atoms. The monoisotopic (exact) mass is 319 g/mol. The molecule has 0 bridgehead atoms. The van der Waals surface area contributed by atoms with E-state index in [1.807, 2.05) is 24.3 Å². The quantitative estimate of drug-likeness (QED) is 0.432. The van der Waals surface area contributed by atoms with E-state index in [4.69, 9.17) is 5.84 Å². The minimum absolute atomic E-state index is 0.0680. The van der Waals surface area contributed by atoms with Crippen LogP contribution in [0.2, 0.25) is 0 Å². The summed E-state index contributed by atoms with van der Waals surface area (Å²) in [5.41, 5.74) is 3.16. The number of hydrazine groups is 1. The van der Waals surface area contributed by atoms with Crippen molar-refractivity contribution in [2.75, 3.05) is 5.43 Å². The van der Waals surface area contributed by atoms with E-state index in [9.17, 15) is 10.1 Å². The van der Waals surface area contributed by atoms with Crippen molar-refractivity contribution in [1.82, 2.24) is 9.97 Å². The number of fused-ring (bicyclic) bond motifs is 1. The maximum Gasteiger partial charge on any atom is 0.275 e. The Balaban J connectivity index is 1.96. The highest BCUT2D eigenvalue weighted by Gasteiger charge is 2.13. The van der Waals surface area contributed by atoms with Crippen LogP contribution >= 0.6 is 23.1 Å². The minimum atomic E-state index is -0.481. The Morgan fingerprint density at radius 1 is 1.29 bits per heavy atom. The fourth-order valence-electron chi connectivity index (χ4n) is 1.71. The van der Waals surface area contributed by atoms with Gasteiger partial charge >= 0.3 is 0 Å². The van der Waals surface area contributed by atoms with Crippen LogP contribution in [-0.4, -0.2) is 14.9 Å². The van der Waals surface area contributed by atoms with Gasteiger partial charge in [-0.2, -0.15) is 0 Å². The molecule has 0 aliphatic heterocycles. The molecule has 2 aromatic heterocycles. The first-order valence-corrected chi connectivity index (χ1v) is 7.45. The Morgan fingerprint density at radius 3 is 2.81 bits per heavy atom. The highest BCUT2D eigenvalue weighted by molar-refractivity contribution is 8.01. The van der Waals surface area contributed by atoms with E-state index in [2.05, 4.69) is 15.4 Å². The summed E-state index contributed by atoms with van der Waals surface area (Å²) in [7, 11) is 0. The molecule has 0 unspecified atom stereocenters. The van der Waals surface area contributed by atoms with Gasteiger partial charge in [-0.05, 0) is 23.9 Å². The fraction of sp³-hybridized carbons (Fsp3) is 0. The Kier molecular flexibility index (Phi) is 3.69. The molecule has 9 heteroatoms. The molecule has 3 N–H and O–H groups in total. The molecule has 2 heterocycles. The van der Waals surface area contributed by atoms with E-state index in [1.54, 1.807) is 0 Å². The zero-order chi connectivity index (χ0) is 14.8. The molecule has 7 nitrogen and oxygen atoms in total. The molecule has 3 rings (SSSR count). The second-order valence-corrected chi connectivity index (χ2v) is 6.30. The number of benzene rings is 1. The number of rotatable bonds is 4. The third kappa shape index (κ3) is 2.94. The Labute approximate surface area is 127 Å². The number of aromatic nitrogens is 2. The van der Waals surface area contributed by atoms with Crippen LogP contribution in [0.4, 0.5) is 11.5 Å². The van der Waals surface area contributed by atoms with Crippen LogP contribution in [0.1, 0.15) is 0 Å². The van der Waals surface area contributed by atoms with Crippen LogP contribution in [0.25, 0.3) is 10.2 Å². The van der Waals surface area contributed by atoms with Gasteiger partial charge in [0.1, 0.15) is 10.8 Å². The van der Waals surface area contributed by atoms with E-state index in [0.717, 1.165) is 14.6 Å². The highest BCUT2D eigenvalue weighted by Crippen LogP contribution is 2.35. The van der Waals surface area contributed by atoms with Crippen molar-refractivity contribution in [1.29, 1.82) is 0 Å². The van der Waals surface area contributed by atoms with E-state index in [0.29, 0.717) is 5.03 Å². The summed E-state index contributed by atoms with van der Waals surface area (Å²) in [4.78, 5) is 19.1. The van der Waals surface area contributed by atoms with Crippen molar-refractivity contribution in [3.05, 3.63) is 46.5 Å². The number of anilines is 1. The summed E-state index contributed by atoms with van der Waals surface area (Å²) in [6.07, 6.45) is 0. The highest BCUT2D eigenvalue weighted by atomic mass is 32.2. The number of nitrogens with zero attached hydrogens (tertiary/aromatic N) is 3. The number of pyridine rings is 1. The van der Waals surface area contributed by atoms with Crippen LogP contribution in [0, 0.1) is 10.1 Å². The minimum Gasteiger partial charge on any atom is -0.308 e. The molecule has 3 aromatic rings. The predicted octanol–water partition coefficient (Wildman–Crippen LogP) is 3.04. The molecule has 0 atom stereocenters. The molecular weight excluding hydrogens is 310 g/mol. The van der Waals surface area contributed by atoms with Crippen LogP contribution in [0.5, 0.6) is 0 Å². The largest absolute Gasteiger partial charge is 0.308 e. The summed E-state index contributed by atoms with van der Waals surface area (Å²) < 4.78 is 1.83. The zero-order valence-corrected chi connectivity index (χ0v) is 12.1. The third-order valence-corrected chi connectivity index (χ3v) is 4.63. The lowest BCUT2D eigenvalue weighted by atomic mass is 10.3. The molecule has 0 aliphatic carbocycles. The molecule has 0 amide bonds. The molecule has 0 fully saturated rings. The Hall–Kier alpha value is -2.23. The first-order valence-electron chi connectivity index (χ1n) is 5.82. The number of para-hydroxylation sites is 1. The zero-order valence-electron chi connectivity index (χ0n) is 10.5. The lowest BCUT2D eigenvalue weighted by Crippen LogP contribution is -2.09. The number of nitrogen functional groups attached to an aromatic ring is 1. The van der Waals surface area contributed by atoms with Gasteiger partial charge in [0.15, 0.2) is 4.34 Å². The van der Waals surface area contributed by atoms with Gasteiger partial charge in [-0.1, -0.05) is 12.1 Å². The predicted molar refractivity (Wildman–Crippen MR) is 82.4 cm³/mol. The molecule has 1 aromatic carbocycles. The van der Waals surface area contributed by atoms with Gasteiger partial charge < -0.3 is 5.43 Å². The fourth-order valence-corrected chi connectivity index (χ4v) is 3.74. The van der Waals surface area contributed by atoms with Gasteiger partial charge in [0.25, 0.3) is 5.69 Å². The molecule has 0 saturated heterocycles. The van der Waals surface area contributed by atoms with E-state index < -0.39 is 4.92 Å². The number of nitrogens with one attached hydrogen (secondary N) is 1. The van der Waals surface area contributed by atoms with Crippen molar-refractivity contribution in [3.8, 4) is 0 Å². The average Bonchev–Trinajstić information content (AvgIpc) is 2.88. The van der Waals surface area contributed by atoms with Gasteiger partial charge in [0, 0.05) is 6.07 Å². The van der Waals surface area contributed by atoms with Crippen molar-refractivity contribution in [3.63, 3.8) is 0 Å². The second-order valence-electron chi connectivity index (χ2n) is 4.00. The Bertz CT molecular complexity index is 787. The van der Waals surface area contributed by atoms with Gasteiger partial charge in [-0.25, -0.2) is 15.8 Å². The molecule has 106 valence electrons. The first kappa shape index (κ1) is 13.7. The number of hydrogen-bond donors (Lipinski definition) is 2. The topological polar surface area (TPSA) is 107 Å². The van der Waals surface area contributed by atoms with Crippen molar-refractivity contribution in [2.24, 2.45) is 5.84 Å². The lowest BCUT2D eigenvalue weighted by molar-refractivity contribution is -0.385. The standard InChI is InChI=1S/C12H9N5O2S2/c13-16-10-5-7(17(18)19)6-11(15-10)21-12-14-8-3-1-2-4-9(8)20-12/h1-6H,13H2,(H,15,16). The average molecular weight is 319 g/mol. The number of hydrogen-bond acceptors (Lipinski definition) is 8. The molecular formula is C12H9N5O2S2. The summed E-state index contributed by atoms with van der Waals surface area (Å²) >= 11 is 2.78. The Morgan fingerprint density at radius 2 is 2.10 bits per heavy atom. The maximum absolute atomic E-state index is 10.9. The van der Waals surface area contributed by atoms with Crippen LogP contribution in [-0.2, 0) is 0 Å². The molecule has 0 aliphatic rings. The maximum atomic E-state index is 10.9. The molecule has 0 spiro atoms. The van der Waals surface area contributed by atoms with Crippen LogP contribution < -0.4 is 11.3 Å². The van der Waals surface area contributed by atoms with E-state index in [1.165, 1.54) is 35.2 Å². The van der Waals surface area contributed by atoms with Crippen LogP contribution in [0.15, 0.2) is 45.8 Å². The normalized spacial score (nSPS) is 10.7. The van der Waals surface area contributed by atoms with Gasteiger partial charge in [0.05, 0.1) is 21.2 Å². The van der Waals surface area contributed by atoms with Gasteiger partial charge in [0.2, 0.25) is 0 Å². The summed E-state index contributed by atoms with van der Waals surface area (Å²) in [6, 6.07) is 10.4. The smallest absolute Gasteiger partial charge is 0.275 e. The van der Waals surface area contributed by atoms with Crippen molar-refractivity contribution < 1.29 is 4.92 Å². The van der Waals surface area contributed by atoms with Gasteiger partial charge in [-0.3, -0.25) is 10.1 Å². The SMILES string of the molecule is NNc1cc([N+](=O)[O-])cc(Sc2nc3ccccc3s2)n1. The summed E-state index contributed by atoms with van der Waals surface area (Å²) in [5.74, 6) is 5.53. The lowest BCUT2D eigenvalue weighted by Gasteiger charge is -2.02. The van der Waals surface area contributed by atoms with E-state index >= 15 is 0 Å². The summed E-state index contributed by atoms with van der Waals surface area (Å²) in [6.45, 7) is 0. The summed E-state index contributed by atoms with van der Waals surface area (Å²) in [5, 5.41) is 11.4. The third-order valence-electron chi connectivity index (χ3n) is 2.61. The van der Waals surface area contributed by atoms with Crippen molar-refractivity contribution >= 4 is 44.8 Å². The van der Waals surface area contributed by atoms with Crippen molar-refractivity contribution in [2.45, 2.75) is 9.37 Å². The molecule has 0 saturated carbocycles. The first-order chi connectivity index (χ1) is 10.2. The van der Waals surface area contributed by atoms with Crippen LogP contribution in [0.3, 0.4) is 0 Å². The van der Waals surface area contributed by atoms with E-state index in [-0.39, 0.29) is 11.5 Å². The number of nitro groups is 1. The number of thiazole rings is 1.